The first-order chi connectivity index (χ1) is 59.4. The van der Waals surface area contributed by atoms with Crippen LogP contribution in [0.3, 0.4) is 0 Å². The molecule has 17 rings (SSSR count). The van der Waals surface area contributed by atoms with Gasteiger partial charge in [-0.3, -0.25) is 38.4 Å². The first-order valence-corrected chi connectivity index (χ1v) is 43.1. The predicted molar refractivity (Wildman–Crippen MR) is 441 cm³/mol. The van der Waals surface area contributed by atoms with Crippen LogP contribution in [-0.2, 0) is 67.3 Å². The topological polar surface area (TPSA) is 561 Å². The Hall–Kier alpha value is -10.3. The zero-order valence-corrected chi connectivity index (χ0v) is 70.8. The number of aliphatic hydroxyl groups excluding tert-OH is 6. The average molecular weight is 1800 g/mol. The number of phenols is 3. The molecule has 6 aromatic rings. The summed E-state index contributed by atoms with van der Waals surface area (Å²) in [5.74, 6) is -14.4. The number of rotatable bonds is 20. The minimum absolute atomic E-state index is 0.0428. The van der Waals surface area contributed by atoms with E-state index in [1.54, 1.807) is 13.8 Å². The fraction of sp³-hybridized carbons (Fsp3) is 0.482. The van der Waals surface area contributed by atoms with Gasteiger partial charge < -0.3 is 132 Å². The van der Waals surface area contributed by atoms with Gasteiger partial charge in [0.1, 0.15) is 108 Å². The molecule has 4 aliphatic carbocycles. The molecule has 15 bridgehead atoms. The molecular weight excluding hydrogens is 1700 g/mol. The third kappa shape index (κ3) is 19.5. The van der Waals surface area contributed by atoms with Gasteiger partial charge in [-0.05, 0) is 196 Å². The van der Waals surface area contributed by atoms with E-state index in [9.17, 15) is 64.0 Å². The molecular formula is C85H100Cl2N10O27S. The monoisotopic (exact) mass is 1790 g/mol. The highest BCUT2D eigenvalue weighted by Gasteiger charge is 2.53. The van der Waals surface area contributed by atoms with Gasteiger partial charge in [0, 0.05) is 42.3 Å². The van der Waals surface area contributed by atoms with Crippen molar-refractivity contribution in [2.45, 2.75) is 199 Å². The van der Waals surface area contributed by atoms with Crippen LogP contribution in [0.2, 0.25) is 10.0 Å². The Morgan fingerprint density at radius 2 is 1.29 bits per heavy atom. The molecule has 6 fully saturated rings. The first kappa shape index (κ1) is 91.0. The van der Waals surface area contributed by atoms with Gasteiger partial charge >= 0.3 is 0 Å². The van der Waals surface area contributed by atoms with Crippen LogP contribution in [0.1, 0.15) is 137 Å². The summed E-state index contributed by atoms with van der Waals surface area (Å²) >= 11 is 14.5. The van der Waals surface area contributed by atoms with Crippen LogP contribution < -0.4 is 71.9 Å². The minimum Gasteiger partial charge on any atom is -0.508 e. The summed E-state index contributed by atoms with van der Waals surface area (Å²) in [5.41, 5.74) is 2.69. The number of hydrogen-bond acceptors (Lipinski definition) is 29. The van der Waals surface area contributed by atoms with E-state index in [0.717, 1.165) is 105 Å². The number of nitrogens with two attached hydrogens (primary N) is 1. The Bertz CT molecular complexity index is 5220. The quantitative estimate of drug-likeness (QED) is 0.0488. The van der Waals surface area contributed by atoms with E-state index in [1.807, 2.05) is 4.72 Å². The standard InChI is InChI=1S/C85H100Cl2N10O27S/c1-35(2)19-52(89-5)77(108)95-68-70(103)40-8-15-56(50(86)26-40)120-58-28-44-29-59(74(58)124-84-75(73(106)72(105)60(34-98)122-84)123-62-33-85(4,88)76(107)36(3)119-62)121-57-16-9-41(27-51(57)87)71(104)69-83(114)94-67(81(112)91-64-42-21-37-20-38(23-42)24-43(64)22-37)49-30-45(99)31-55(101)63(49)48-25-39(7-14-54(48)100)65(79(110)96-69)93-80(111)66(44)92-78(109)53(90-82(68)113)32-61(102)97-125(115,116)47-12-10-46(11-13-47)118-18-17-117-6/h7-16,25-31,35-38,42-43,52-53,60,62,64-73,75-76,84,89,98-101,103-107H,17-24,32-34,88H2,1-6H3,(H,90,113)(H,91,112)(H,92,109)(H,93,111)(H,94,114)(H,95,108)(H,96,110)(H,97,102)/t36-,37?,38?,42?,43?,52+,53-,60+,62-,64?,65+,66+,67-,68+,69-,70+,71+,72+,73-,75+,76+,84-,85-/m0/s1. The number of aromatic hydroxyl groups is 3. The molecule has 0 unspecified atom stereocenters. The molecule has 0 radical (unpaired) electrons. The van der Waals surface area contributed by atoms with E-state index in [0.29, 0.717) is 11.8 Å². The van der Waals surface area contributed by atoms with Gasteiger partial charge in [0.05, 0.1) is 52.8 Å². The van der Waals surface area contributed by atoms with Crippen molar-refractivity contribution >= 4 is 80.5 Å². The predicted octanol–water partition coefficient (Wildman–Crippen LogP) is 3.01. The lowest BCUT2D eigenvalue weighted by Crippen LogP contribution is -2.64. The molecule has 18 atom stereocenters. The molecule has 125 heavy (non-hydrogen) atoms. The van der Waals surface area contributed by atoms with Gasteiger partial charge in [-0.1, -0.05) is 55.2 Å². The number of methoxy groups -OCH3 is 1. The zero-order chi connectivity index (χ0) is 89.7. The van der Waals surface area contributed by atoms with Crippen molar-refractivity contribution in [3.05, 3.63) is 141 Å². The molecule has 0 spiro atoms. The smallest absolute Gasteiger partial charge is 0.264 e. The van der Waals surface area contributed by atoms with Crippen molar-refractivity contribution in [2.24, 2.45) is 35.3 Å². The van der Waals surface area contributed by atoms with E-state index in [-0.39, 0.29) is 83.1 Å². The number of amides is 8. The minimum atomic E-state index is -4.94. The number of fused-ring (bicyclic) bond motifs is 15. The lowest BCUT2D eigenvalue weighted by atomic mass is 9.54. The summed E-state index contributed by atoms with van der Waals surface area (Å²) in [6, 6.07) is 3.84. The highest BCUT2D eigenvalue weighted by molar-refractivity contribution is 7.90. The number of sulfonamides is 1. The van der Waals surface area contributed by atoms with Crippen LogP contribution in [0.5, 0.6) is 51.7 Å². The summed E-state index contributed by atoms with van der Waals surface area (Å²) < 4.78 is 80.0. The van der Waals surface area contributed by atoms with Gasteiger partial charge in [-0.25, -0.2) is 13.1 Å². The summed E-state index contributed by atoms with van der Waals surface area (Å²) in [6.45, 7) is 5.82. The SMILES string of the molecule is CN[C@H](CC(C)C)C(=O)N[C@H]1C(=O)N[C@@H](CC(=O)NS(=O)(=O)c2ccc(OCCOC)cc2)C(=O)N[C@H]2C(=O)N[C@H]3C(=O)N[C@H](C(=O)N[C@H](C(=O)NC4C5CC6CC(C5)CC4C6)c4cc(O)cc(O)c4-c4cc3ccc4O)[C@H](O)c3ccc(c(Cl)c3)Oc3cc2cc(c3O[C@@H]2O[C@H](CO)[C@@H](O)[C@H](O)[C@H]2O[C@H]2C[C@](C)(N)[C@H](O)[C@H](C)O2)Oc2ccc(cc2Cl)[C@H]1O. The molecule has 37 nitrogen and oxygen atoms in total. The zero-order valence-electron chi connectivity index (χ0n) is 68.5. The van der Waals surface area contributed by atoms with E-state index in [1.165, 1.54) is 58.3 Å². The molecule has 4 saturated carbocycles. The maximum absolute atomic E-state index is 16.7. The van der Waals surface area contributed by atoms with Crippen molar-refractivity contribution in [1.29, 1.82) is 0 Å². The number of hydrogen-bond donors (Lipinski definition) is 19. The Kier molecular flexibility index (Phi) is 27.2. The molecule has 0 aromatic heterocycles. The number of benzene rings is 6. The number of likely N-dealkylation sites (N-methyl/N-ethyl adjacent to an activating group) is 1. The van der Waals surface area contributed by atoms with Gasteiger partial charge in [-0.15, -0.1) is 0 Å². The lowest BCUT2D eigenvalue weighted by molar-refractivity contribution is -0.333. The van der Waals surface area contributed by atoms with Crippen LogP contribution in [0.4, 0.5) is 0 Å². The lowest BCUT2D eigenvalue weighted by Gasteiger charge is -2.54. The van der Waals surface area contributed by atoms with Crippen LogP contribution >= 0.6 is 23.2 Å². The molecule has 7 aliphatic heterocycles. The number of carbonyl (C=O) groups is 8. The van der Waals surface area contributed by atoms with Crippen molar-refractivity contribution in [2.75, 3.05) is 34.0 Å². The van der Waals surface area contributed by atoms with Crippen molar-refractivity contribution < 1.29 is 131 Å². The second-order valence-electron chi connectivity index (χ2n) is 33.7. The highest BCUT2D eigenvalue weighted by atomic mass is 35.5. The van der Waals surface area contributed by atoms with Gasteiger partial charge in [0.15, 0.2) is 23.9 Å². The van der Waals surface area contributed by atoms with Crippen LogP contribution in [0.25, 0.3) is 11.1 Å². The molecule has 11 aliphatic rings. The van der Waals surface area contributed by atoms with E-state index < -0.39 is 252 Å². The fourth-order valence-corrected chi connectivity index (χ4v) is 19.6. The first-order valence-electron chi connectivity index (χ1n) is 40.9. The van der Waals surface area contributed by atoms with Gasteiger partial charge in [0.25, 0.3) is 10.0 Å². The number of carbonyl (C=O) groups excluding carboxylic acids is 8. The Morgan fingerprint density at radius 1 is 0.672 bits per heavy atom. The third-order valence-electron chi connectivity index (χ3n) is 24.2. The molecule has 7 heterocycles. The van der Waals surface area contributed by atoms with Crippen molar-refractivity contribution in [1.82, 2.24) is 47.3 Å². The van der Waals surface area contributed by atoms with Gasteiger partial charge in [0.2, 0.25) is 59.3 Å². The Labute approximate surface area is 727 Å². The average Bonchev–Trinajstić information content (AvgIpc) is 0.792. The number of ether oxygens (including phenoxy) is 8. The summed E-state index contributed by atoms with van der Waals surface area (Å²) in [7, 11) is -2.05. The number of phenolic OH excluding ortho intramolecular Hbond substituents is 3. The van der Waals surface area contributed by atoms with E-state index in [2.05, 4.69) is 42.5 Å². The van der Waals surface area contributed by atoms with Crippen molar-refractivity contribution in [3.63, 3.8) is 0 Å². The summed E-state index contributed by atoms with van der Waals surface area (Å²) in [5, 5.41) is 127. The van der Waals surface area contributed by atoms with E-state index >= 15 is 28.8 Å². The molecule has 672 valence electrons. The second kappa shape index (κ2) is 37.3. The Balaban J connectivity index is 0.968. The van der Waals surface area contributed by atoms with Crippen molar-refractivity contribution in [3.8, 4) is 62.9 Å². The van der Waals surface area contributed by atoms with E-state index in [4.69, 9.17) is 66.8 Å². The number of aliphatic hydroxyl groups is 6. The normalized spacial score (nSPS) is 30.5. The fourth-order valence-electron chi connectivity index (χ4n) is 18.1. The summed E-state index contributed by atoms with van der Waals surface area (Å²) in [4.78, 5) is 124. The maximum Gasteiger partial charge on any atom is 0.264 e. The molecule has 6 aromatic carbocycles. The number of halogens is 2. The Morgan fingerprint density at radius 3 is 1.90 bits per heavy atom. The number of nitrogens with one attached hydrogen (secondary N) is 9. The molecule has 40 heteroatoms. The third-order valence-corrected chi connectivity index (χ3v) is 26.2. The van der Waals surface area contributed by atoms with Crippen LogP contribution in [0, 0.1) is 29.6 Å². The molecule has 2 saturated heterocycles. The maximum atomic E-state index is 16.7. The van der Waals surface area contributed by atoms with Gasteiger partial charge in [-0.2, -0.15) is 0 Å². The summed E-state index contributed by atoms with van der Waals surface area (Å²) in [6.07, 6.45) is -15.1. The molecule has 8 amide bonds. The second-order valence-corrected chi connectivity index (χ2v) is 36.2. The largest absolute Gasteiger partial charge is 0.508 e. The molecule has 20 N–H and O–H groups in total. The van der Waals surface area contributed by atoms with Crippen LogP contribution in [-0.4, -0.2) is 221 Å². The van der Waals surface area contributed by atoms with Crippen LogP contribution in [0.15, 0.2) is 108 Å². The highest BCUT2D eigenvalue weighted by Crippen LogP contribution is 2.55.